The second-order valence-corrected chi connectivity index (χ2v) is 9.33. The maximum absolute atomic E-state index is 13.7. The molecule has 1 aliphatic heterocycles. The number of anilines is 1. The molecular weight excluding hydrogens is 450 g/mol. The van der Waals surface area contributed by atoms with Crippen LogP contribution in [0, 0.1) is 17.2 Å². The van der Waals surface area contributed by atoms with Gasteiger partial charge in [0.15, 0.2) is 0 Å². The highest BCUT2D eigenvalue weighted by Crippen LogP contribution is 2.29. The van der Waals surface area contributed by atoms with Crippen molar-refractivity contribution in [2.24, 2.45) is 5.92 Å². The number of nitrogens with one attached hydrogen (secondary N) is 1. The fourth-order valence-electron chi connectivity index (χ4n) is 4.61. The van der Waals surface area contributed by atoms with Gasteiger partial charge >= 0.3 is 0 Å². The average Bonchev–Trinajstić information content (AvgIpc) is 2.93. The van der Waals surface area contributed by atoms with Crippen molar-refractivity contribution in [3.05, 3.63) is 71.4 Å². The minimum atomic E-state index is -0.0372. The molecule has 0 saturated carbocycles. The second-order valence-electron chi connectivity index (χ2n) is 9.33. The van der Waals surface area contributed by atoms with Crippen molar-refractivity contribution in [3.63, 3.8) is 0 Å². The predicted molar refractivity (Wildman–Crippen MR) is 141 cm³/mol. The first kappa shape index (κ1) is 25.2. The Bertz CT molecular complexity index is 1220. The van der Waals surface area contributed by atoms with Crippen LogP contribution < -0.4 is 10.1 Å². The van der Waals surface area contributed by atoms with Gasteiger partial charge in [0.1, 0.15) is 5.75 Å². The van der Waals surface area contributed by atoms with E-state index in [1.807, 2.05) is 41.3 Å². The van der Waals surface area contributed by atoms with Crippen LogP contribution in [0.15, 0.2) is 54.7 Å². The van der Waals surface area contributed by atoms with Crippen LogP contribution in [0.3, 0.4) is 0 Å². The molecule has 2 atom stereocenters. The quantitative estimate of drug-likeness (QED) is 0.466. The van der Waals surface area contributed by atoms with E-state index in [0.29, 0.717) is 35.2 Å². The SMILES string of the molecule is CCC1CCC(C)N(C(=O)c2cnc(NCCc3ccc(OC)cc3)nc2-c2ccc(C#N)cc2)C1. The molecule has 36 heavy (non-hydrogen) atoms. The minimum Gasteiger partial charge on any atom is -0.497 e. The maximum Gasteiger partial charge on any atom is 0.257 e. The highest BCUT2D eigenvalue weighted by Gasteiger charge is 2.31. The summed E-state index contributed by atoms with van der Waals surface area (Å²) in [5.41, 5.74) is 3.59. The molecule has 1 aromatic heterocycles. The van der Waals surface area contributed by atoms with Crippen molar-refractivity contribution in [1.82, 2.24) is 14.9 Å². The highest BCUT2D eigenvalue weighted by atomic mass is 16.5. The van der Waals surface area contributed by atoms with E-state index < -0.39 is 0 Å². The van der Waals surface area contributed by atoms with E-state index in [0.717, 1.165) is 43.5 Å². The summed E-state index contributed by atoms with van der Waals surface area (Å²) in [5.74, 6) is 1.78. The maximum atomic E-state index is 13.7. The van der Waals surface area contributed by atoms with Gasteiger partial charge in [-0.05, 0) is 61.9 Å². The molecule has 7 nitrogen and oxygen atoms in total. The molecule has 1 saturated heterocycles. The third kappa shape index (κ3) is 5.83. The van der Waals surface area contributed by atoms with Crippen molar-refractivity contribution in [1.29, 1.82) is 5.26 Å². The number of methoxy groups -OCH3 is 1. The monoisotopic (exact) mass is 483 g/mol. The molecule has 0 bridgehead atoms. The topological polar surface area (TPSA) is 91.1 Å². The van der Waals surface area contributed by atoms with Crippen LogP contribution in [-0.2, 0) is 6.42 Å². The molecular formula is C29H33N5O2. The van der Waals surface area contributed by atoms with Gasteiger partial charge in [0, 0.05) is 30.9 Å². The zero-order chi connectivity index (χ0) is 25.5. The van der Waals surface area contributed by atoms with Gasteiger partial charge in [-0.3, -0.25) is 4.79 Å². The lowest BCUT2D eigenvalue weighted by molar-refractivity contribution is 0.0556. The predicted octanol–water partition coefficient (Wildman–Crippen LogP) is 5.33. The number of nitrogens with zero attached hydrogens (tertiary/aromatic N) is 4. The van der Waals surface area contributed by atoms with Gasteiger partial charge in [0.25, 0.3) is 5.91 Å². The van der Waals surface area contributed by atoms with Crippen LogP contribution in [0.1, 0.15) is 54.6 Å². The molecule has 0 aliphatic carbocycles. The number of amides is 1. The van der Waals surface area contributed by atoms with Crippen molar-refractivity contribution in [2.45, 2.75) is 45.6 Å². The van der Waals surface area contributed by atoms with E-state index in [9.17, 15) is 10.1 Å². The Hall–Kier alpha value is -3.92. The number of likely N-dealkylation sites (tertiary alicyclic amines) is 1. The number of rotatable bonds is 8. The summed E-state index contributed by atoms with van der Waals surface area (Å²) in [6.45, 7) is 5.70. The Morgan fingerprint density at radius 2 is 1.92 bits per heavy atom. The Kier molecular flexibility index (Phi) is 8.17. The van der Waals surface area contributed by atoms with Crippen molar-refractivity contribution >= 4 is 11.9 Å². The van der Waals surface area contributed by atoms with Gasteiger partial charge in [-0.25, -0.2) is 9.97 Å². The van der Waals surface area contributed by atoms with Gasteiger partial charge in [0.05, 0.1) is 30.0 Å². The first-order valence-electron chi connectivity index (χ1n) is 12.6. The third-order valence-corrected chi connectivity index (χ3v) is 6.98. The summed E-state index contributed by atoms with van der Waals surface area (Å²) < 4.78 is 5.22. The average molecular weight is 484 g/mol. The number of hydrogen-bond donors (Lipinski definition) is 1. The largest absolute Gasteiger partial charge is 0.497 e. The number of carbonyl (C=O) groups is 1. The van der Waals surface area contributed by atoms with E-state index in [-0.39, 0.29) is 11.9 Å². The molecule has 1 aliphatic rings. The standard InChI is InChI=1S/C29H33N5O2/c1-4-21-6-5-20(2)34(19-21)28(35)26-18-32-29(31-16-15-22-9-13-25(36-3)14-10-22)33-27(26)24-11-7-23(17-30)8-12-24/h7-14,18,20-21H,4-6,15-16,19H2,1-3H3,(H,31,32,33). The van der Waals surface area contributed by atoms with E-state index in [4.69, 9.17) is 9.72 Å². The first-order valence-corrected chi connectivity index (χ1v) is 12.6. The number of benzene rings is 2. The Morgan fingerprint density at radius 1 is 1.17 bits per heavy atom. The fraction of sp³-hybridized carbons (Fsp3) is 0.379. The Balaban J connectivity index is 1.58. The summed E-state index contributed by atoms with van der Waals surface area (Å²) in [6.07, 6.45) is 5.65. The molecule has 1 N–H and O–H groups in total. The summed E-state index contributed by atoms with van der Waals surface area (Å²) in [7, 11) is 1.65. The minimum absolute atomic E-state index is 0.0372. The lowest BCUT2D eigenvalue weighted by Crippen LogP contribution is -2.45. The van der Waals surface area contributed by atoms with Crippen molar-refractivity contribution < 1.29 is 9.53 Å². The molecule has 0 radical (unpaired) electrons. The number of carbonyl (C=O) groups excluding carboxylic acids is 1. The van der Waals surface area contributed by atoms with Gasteiger partial charge in [-0.1, -0.05) is 37.6 Å². The molecule has 7 heteroatoms. The molecule has 0 spiro atoms. The number of aromatic nitrogens is 2. The van der Waals surface area contributed by atoms with Crippen molar-refractivity contribution in [2.75, 3.05) is 25.5 Å². The molecule has 1 amide bonds. The summed E-state index contributed by atoms with van der Waals surface area (Å²) in [5, 5.41) is 12.5. The van der Waals surface area contributed by atoms with Crippen LogP contribution in [0.4, 0.5) is 5.95 Å². The van der Waals surface area contributed by atoms with Gasteiger partial charge < -0.3 is 15.0 Å². The smallest absolute Gasteiger partial charge is 0.257 e. The zero-order valence-corrected chi connectivity index (χ0v) is 21.2. The Labute approximate surface area is 213 Å². The molecule has 1 fully saturated rings. The number of ether oxygens (including phenoxy) is 1. The first-order chi connectivity index (χ1) is 17.5. The summed E-state index contributed by atoms with van der Waals surface area (Å²) >= 11 is 0. The number of piperidine rings is 1. The normalized spacial score (nSPS) is 17.3. The fourth-order valence-corrected chi connectivity index (χ4v) is 4.61. The highest BCUT2D eigenvalue weighted by molar-refractivity contribution is 6.00. The van der Waals surface area contributed by atoms with Crippen LogP contribution in [0.2, 0.25) is 0 Å². The lowest BCUT2D eigenvalue weighted by Gasteiger charge is -2.38. The molecule has 186 valence electrons. The van der Waals surface area contributed by atoms with Crippen LogP contribution in [0.5, 0.6) is 5.75 Å². The van der Waals surface area contributed by atoms with E-state index in [2.05, 4.69) is 30.2 Å². The van der Waals surface area contributed by atoms with E-state index >= 15 is 0 Å². The number of hydrogen-bond acceptors (Lipinski definition) is 6. The van der Waals surface area contributed by atoms with Crippen LogP contribution >= 0.6 is 0 Å². The van der Waals surface area contributed by atoms with E-state index in [1.54, 1.807) is 25.4 Å². The van der Waals surface area contributed by atoms with Gasteiger partial charge in [-0.2, -0.15) is 5.26 Å². The molecule has 3 aromatic rings. The third-order valence-electron chi connectivity index (χ3n) is 6.98. The van der Waals surface area contributed by atoms with E-state index in [1.165, 1.54) is 5.56 Å². The van der Waals surface area contributed by atoms with Crippen molar-refractivity contribution in [3.8, 4) is 23.1 Å². The molecule has 2 unspecified atom stereocenters. The van der Waals surface area contributed by atoms with Crippen LogP contribution in [0.25, 0.3) is 11.3 Å². The van der Waals surface area contributed by atoms with Gasteiger partial charge in [0.2, 0.25) is 5.95 Å². The lowest BCUT2D eigenvalue weighted by atomic mass is 9.91. The Morgan fingerprint density at radius 3 is 2.58 bits per heavy atom. The summed E-state index contributed by atoms with van der Waals surface area (Å²) in [6, 6.07) is 17.5. The molecule has 4 rings (SSSR count). The molecule has 2 aromatic carbocycles. The van der Waals surface area contributed by atoms with Crippen LogP contribution in [-0.4, -0.2) is 47.0 Å². The zero-order valence-electron chi connectivity index (χ0n) is 21.2. The summed E-state index contributed by atoms with van der Waals surface area (Å²) in [4.78, 5) is 24.9. The van der Waals surface area contributed by atoms with Gasteiger partial charge in [-0.15, -0.1) is 0 Å². The molecule has 2 heterocycles. The number of nitriles is 1. The second kappa shape index (κ2) is 11.7.